The van der Waals surface area contributed by atoms with E-state index in [4.69, 9.17) is 16.3 Å². The van der Waals surface area contributed by atoms with Crippen molar-refractivity contribution in [3.8, 4) is 0 Å². The Balaban J connectivity index is 1.54. The highest BCUT2D eigenvalue weighted by Crippen LogP contribution is 2.19. The summed E-state index contributed by atoms with van der Waals surface area (Å²) in [6.45, 7) is 6.41. The van der Waals surface area contributed by atoms with E-state index in [2.05, 4.69) is 28.6 Å². The SMILES string of the molecule is CC(C)c1nnc2n1CCN(C(=O)COCc1ccccc1Cl)C2. The third kappa shape index (κ3) is 3.60. The van der Waals surface area contributed by atoms with Gasteiger partial charge < -0.3 is 14.2 Å². The van der Waals surface area contributed by atoms with E-state index in [-0.39, 0.29) is 12.5 Å². The molecule has 0 spiro atoms. The largest absolute Gasteiger partial charge is 0.367 e. The molecule has 0 saturated carbocycles. The molecule has 0 radical (unpaired) electrons. The summed E-state index contributed by atoms with van der Waals surface area (Å²) in [6.07, 6.45) is 0. The van der Waals surface area contributed by atoms with Crippen LogP contribution < -0.4 is 0 Å². The number of amides is 1. The molecule has 2 heterocycles. The topological polar surface area (TPSA) is 60.2 Å². The molecule has 0 unspecified atom stereocenters. The number of nitrogens with zero attached hydrogens (tertiary/aromatic N) is 4. The van der Waals surface area contributed by atoms with Crippen molar-refractivity contribution in [2.75, 3.05) is 13.2 Å². The van der Waals surface area contributed by atoms with E-state index in [0.29, 0.717) is 30.6 Å². The van der Waals surface area contributed by atoms with Gasteiger partial charge in [0.25, 0.3) is 0 Å². The summed E-state index contributed by atoms with van der Waals surface area (Å²) in [5.41, 5.74) is 0.881. The van der Waals surface area contributed by atoms with Crippen LogP contribution in [-0.2, 0) is 29.2 Å². The molecule has 24 heavy (non-hydrogen) atoms. The Bertz CT molecular complexity index is 729. The highest BCUT2D eigenvalue weighted by Gasteiger charge is 2.25. The van der Waals surface area contributed by atoms with E-state index in [0.717, 1.165) is 23.8 Å². The molecule has 0 aliphatic carbocycles. The van der Waals surface area contributed by atoms with Gasteiger partial charge in [0.05, 0.1) is 13.2 Å². The summed E-state index contributed by atoms with van der Waals surface area (Å²) in [5.74, 6) is 2.10. The summed E-state index contributed by atoms with van der Waals surface area (Å²) in [5, 5.41) is 9.09. The Labute approximate surface area is 146 Å². The number of rotatable bonds is 5. The maximum atomic E-state index is 12.3. The first-order chi connectivity index (χ1) is 11.6. The average Bonchev–Trinajstić information content (AvgIpc) is 2.99. The molecule has 1 aromatic heterocycles. The van der Waals surface area contributed by atoms with Gasteiger partial charge in [-0.15, -0.1) is 10.2 Å². The molecule has 1 aliphatic rings. The number of ether oxygens (including phenoxy) is 1. The van der Waals surface area contributed by atoms with Crippen LogP contribution in [0.3, 0.4) is 0 Å². The molecule has 3 rings (SSSR count). The molecule has 0 bridgehead atoms. The van der Waals surface area contributed by atoms with E-state index < -0.39 is 0 Å². The molecule has 1 amide bonds. The van der Waals surface area contributed by atoms with Gasteiger partial charge >= 0.3 is 0 Å². The Kier molecular flexibility index (Phi) is 5.16. The van der Waals surface area contributed by atoms with Gasteiger partial charge in [-0.3, -0.25) is 4.79 Å². The number of hydrogen-bond acceptors (Lipinski definition) is 4. The van der Waals surface area contributed by atoms with Crippen LogP contribution in [-0.4, -0.2) is 38.7 Å². The van der Waals surface area contributed by atoms with Crippen molar-refractivity contribution in [2.24, 2.45) is 0 Å². The van der Waals surface area contributed by atoms with Crippen molar-refractivity contribution in [3.63, 3.8) is 0 Å². The number of aromatic nitrogens is 3. The first-order valence-corrected chi connectivity index (χ1v) is 8.45. The standard InChI is InChI=1S/C17H21ClN4O2/c1-12(2)17-20-19-15-9-21(7-8-22(15)17)16(23)11-24-10-13-5-3-4-6-14(13)18/h3-6,12H,7-11H2,1-2H3. The van der Waals surface area contributed by atoms with Gasteiger partial charge in [0, 0.05) is 24.0 Å². The molecule has 0 saturated heterocycles. The smallest absolute Gasteiger partial charge is 0.249 e. The zero-order valence-corrected chi connectivity index (χ0v) is 14.7. The van der Waals surface area contributed by atoms with Crippen molar-refractivity contribution >= 4 is 17.5 Å². The fraction of sp³-hybridized carbons (Fsp3) is 0.471. The molecule has 0 atom stereocenters. The molecule has 1 aromatic carbocycles. The van der Waals surface area contributed by atoms with Crippen LogP contribution in [0, 0.1) is 0 Å². The normalized spacial score (nSPS) is 14.1. The second-order valence-electron chi connectivity index (χ2n) is 6.18. The average molecular weight is 349 g/mol. The second kappa shape index (κ2) is 7.32. The van der Waals surface area contributed by atoms with E-state index in [1.807, 2.05) is 24.3 Å². The summed E-state index contributed by atoms with van der Waals surface area (Å²) < 4.78 is 7.64. The minimum Gasteiger partial charge on any atom is -0.367 e. The number of carbonyl (C=O) groups is 1. The number of carbonyl (C=O) groups excluding carboxylic acids is 1. The second-order valence-corrected chi connectivity index (χ2v) is 6.59. The zero-order chi connectivity index (χ0) is 17.1. The maximum Gasteiger partial charge on any atom is 0.249 e. The third-order valence-electron chi connectivity index (χ3n) is 4.09. The fourth-order valence-corrected chi connectivity index (χ4v) is 2.97. The van der Waals surface area contributed by atoms with Crippen LogP contribution in [0.15, 0.2) is 24.3 Å². The molecule has 7 heteroatoms. The lowest BCUT2D eigenvalue weighted by molar-refractivity contribution is -0.138. The van der Waals surface area contributed by atoms with Crippen molar-refractivity contribution in [1.82, 2.24) is 19.7 Å². The Morgan fingerprint density at radius 1 is 1.29 bits per heavy atom. The van der Waals surface area contributed by atoms with Gasteiger partial charge in [-0.05, 0) is 11.6 Å². The van der Waals surface area contributed by atoms with Gasteiger partial charge in [-0.1, -0.05) is 43.6 Å². The minimum atomic E-state index is -0.0394. The van der Waals surface area contributed by atoms with Crippen LogP contribution in [0.25, 0.3) is 0 Å². The van der Waals surface area contributed by atoms with Gasteiger partial charge in [-0.25, -0.2) is 0 Å². The quantitative estimate of drug-likeness (QED) is 0.833. The summed E-state index contributed by atoms with van der Waals surface area (Å²) in [4.78, 5) is 14.1. The molecular formula is C17H21ClN4O2. The van der Waals surface area contributed by atoms with Gasteiger partial charge in [-0.2, -0.15) is 0 Å². The third-order valence-corrected chi connectivity index (χ3v) is 4.46. The molecule has 0 fully saturated rings. The summed E-state index contributed by atoms with van der Waals surface area (Å²) in [6, 6.07) is 7.47. The van der Waals surface area contributed by atoms with Crippen molar-refractivity contribution in [3.05, 3.63) is 46.5 Å². The van der Waals surface area contributed by atoms with Crippen molar-refractivity contribution in [1.29, 1.82) is 0 Å². The molecule has 1 aliphatic heterocycles. The van der Waals surface area contributed by atoms with Crippen LogP contribution in [0.1, 0.15) is 37.0 Å². The predicted molar refractivity (Wildman–Crippen MR) is 90.6 cm³/mol. The lowest BCUT2D eigenvalue weighted by atomic mass is 10.2. The number of halogens is 1. The van der Waals surface area contributed by atoms with Gasteiger partial charge in [0.15, 0.2) is 5.82 Å². The van der Waals surface area contributed by atoms with Crippen LogP contribution in [0.4, 0.5) is 0 Å². The van der Waals surface area contributed by atoms with Crippen LogP contribution >= 0.6 is 11.6 Å². The predicted octanol–water partition coefficient (Wildman–Crippen LogP) is 2.61. The molecule has 2 aromatic rings. The maximum absolute atomic E-state index is 12.3. The summed E-state index contributed by atoms with van der Waals surface area (Å²) >= 11 is 6.08. The molecule has 6 nitrogen and oxygen atoms in total. The van der Waals surface area contributed by atoms with E-state index in [1.54, 1.807) is 4.90 Å². The summed E-state index contributed by atoms with van der Waals surface area (Å²) in [7, 11) is 0. The Morgan fingerprint density at radius 3 is 2.83 bits per heavy atom. The monoisotopic (exact) mass is 348 g/mol. The van der Waals surface area contributed by atoms with E-state index in [9.17, 15) is 4.79 Å². The molecule has 128 valence electrons. The number of benzene rings is 1. The van der Waals surface area contributed by atoms with Crippen LogP contribution in [0.5, 0.6) is 0 Å². The Hall–Kier alpha value is -1.92. The highest BCUT2D eigenvalue weighted by molar-refractivity contribution is 6.31. The van der Waals surface area contributed by atoms with E-state index >= 15 is 0 Å². The van der Waals surface area contributed by atoms with E-state index in [1.165, 1.54) is 0 Å². The lowest BCUT2D eigenvalue weighted by Crippen LogP contribution is -2.40. The Morgan fingerprint density at radius 2 is 2.08 bits per heavy atom. The first-order valence-electron chi connectivity index (χ1n) is 8.07. The van der Waals surface area contributed by atoms with Gasteiger partial charge in [0.1, 0.15) is 12.4 Å². The lowest BCUT2D eigenvalue weighted by Gasteiger charge is -2.28. The molecular weight excluding hydrogens is 328 g/mol. The van der Waals surface area contributed by atoms with Crippen LogP contribution in [0.2, 0.25) is 5.02 Å². The minimum absolute atomic E-state index is 0.0381. The number of hydrogen-bond donors (Lipinski definition) is 0. The van der Waals surface area contributed by atoms with Crippen molar-refractivity contribution < 1.29 is 9.53 Å². The highest BCUT2D eigenvalue weighted by atomic mass is 35.5. The molecule has 0 N–H and O–H groups in total. The zero-order valence-electron chi connectivity index (χ0n) is 13.9. The number of fused-ring (bicyclic) bond motifs is 1. The first kappa shape index (κ1) is 16.9. The fourth-order valence-electron chi connectivity index (χ4n) is 2.78. The van der Waals surface area contributed by atoms with Crippen molar-refractivity contribution in [2.45, 2.75) is 39.5 Å². The van der Waals surface area contributed by atoms with Gasteiger partial charge in [0.2, 0.25) is 5.91 Å².